The number of alkyl halides is 1. The van der Waals surface area contributed by atoms with E-state index in [1.54, 1.807) is 65.7 Å². The fourth-order valence-electron chi connectivity index (χ4n) is 5.48. The second kappa shape index (κ2) is 10.4. The molecule has 0 fully saturated rings. The number of nitrogen functional groups attached to an aromatic ring is 1. The predicted molar refractivity (Wildman–Crippen MR) is 156 cm³/mol. The molecular weight excluding hydrogens is 570 g/mol. The third kappa shape index (κ3) is 4.42. The quantitative estimate of drug-likeness (QED) is 0.242. The summed E-state index contributed by atoms with van der Waals surface area (Å²) in [7, 11) is 0. The van der Waals surface area contributed by atoms with Crippen molar-refractivity contribution >= 4 is 29.2 Å². The fraction of sp³-hybridized carbons (Fsp3) is 0.0968. The number of carbonyl (C=O) groups is 2. The first-order valence-electron chi connectivity index (χ1n) is 13.5. The molecule has 0 saturated carbocycles. The summed E-state index contributed by atoms with van der Waals surface area (Å²) in [6, 6.07) is 14.7. The third-order valence-electron chi connectivity index (χ3n) is 7.58. The van der Waals surface area contributed by atoms with Crippen LogP contribution in [0.5, 0.6) is 5.75 Å². The summed E-state index contributed by atoms with van der Waals surface area (Å²) in [5.41, 5.74) is 8.92. The van der Waals surface area contributed by atoms with E-state index >= 15 is 4.39 Å². The van der Waals surface area contributed by atoms with Crippen molar-refractivity contribution in [3.8, 4) is 28.6 Å². The summed E-state index contributed by atoms with van der Waals surface area (Å²) < 4.78 is 33.3. The van der Waals surface area contributed by atoms with E-state index in [0.717, 1.165) is 6.07 Å². The number of amides is 1. The Kier molecular flexibility index (Phi) is 6.34. The number of anilines is 1. The van der Waals surface area contributed by atoms with E-state index in [1.807, 2.05) is 10.6 Å². The van der Waals surface area contributed by atoms with Gasteiger partial charge in [0, 0.05) is 36.8 Å². The zero-order chi connectivity index (χ0) is 30.5. The van der Waals surface area contributed by atoms with Gasteiger partial charge >= 0.3 is 0 Å². The number of benzene rings is 2. The molecule has 0 bridgehead atoms. The Morgan fingerprint density at radius 1 is 1.09 bits per heavy atom. The molecule has 0 radical (unpaired) electrons. The lowest BCUT2D eigenvalue weighted by Gasteiger charge is -2.18. The number of nitrogens with two attached hydrogens (primary N) is 1. The number of nitrogens with one attached hydrogen (secondary N) is 1. The molecule has 0 unspecified atom stereocenters. The van der Waals surface area contributed by atoms with Crippen LogP contribution in [0.3, 0.4) is 0 Å². The number of imidazole rings is 1. The molecule has 4 N–H and O–H groups in total. The standard InChI is InChI=1S/C31H22F2N8O3/c32-22-14-25(43)17(15-42)12-21(22)31(44)39-27-19-5-4-18(11-16(19)13-23(27)33)41-29(20-3-1-8-35-28(20)34)37-24-6-7-26(38-30(24)41)40-10-2-9-36-40/h1-12,14-15,23,27,43H,13H2,(H2,34,35)(H,39,44)/t23-,27+/m0/s1. The highest BCUT2D eigenvalue weighted by Crippen LogP contribution is 2.37. The van der Waals surface area contributed by atoms with E-state index in [9.17, 15) is 19.1 Å². The second-order valence-corrected chi connectivity index (χ2v) is 10.2. The summed E-state index contributed by atoms with van der Waals surface area (Å²) in [6.45, 7) is 0. The Bertz CT molecular complexity index is 2090. The molecule has 4 aromatic heterocycles. The lowest BCUT2D eigenvalue weighted by Crippen LogP contribution is -2.32. The van der Waals surface area contributed by atoms with Gasteiger partial charge in [0.2, 0.25) is 0 Å². The number of halogens is 2. The first-order chi connectivity index (χ1) is 21.3. The van der Waals surface area contributed by atoms with Crippen LogP contribution < -0.4 is 11.1 Å². The zero-order valence-electron chi connectivity index (χ0n) is 22.7. The first-order valence-corrected chi connectivity index (χ1v) is 13.5. The molecule has 4 heterocycles. The lowest BCUT2D eigenvalue weighted by atomic mass is 10.0. The van der Waals surface area contributed by atoms with Gasteiger partial charge in [-0.3, -0.25) is 14.2 Å². The van der Waals surface area contributed by atoms with Crippen molar-refractivity contribution in [3.63, 3.8) is 0 Å². The molecule has 7 rings (SSSR count). The van der Waals surface area contributed by atoms with E-state index in [0.29, 0.717) is 57.5 Å². The van der Waals surface area contributed by atoms with Gasteiger partial charge in [-0.2, -0.15) is 5.10 Å². The highest BCUT2D eigenvalue weighted by atomic mass is 19.1. The van der Waals surface area contributed by atoms with Gasteiger partial charge in [0.15, 0.2) is 23.6 Å². The Balaban J connectivity index is 1.31. The molecule has 218 valence electrons. The van der Waals surface area contributed by atoms with Crippen molar-refractivity contribution in [2.45, 2.75) is 18.6 Å². The summed E-state index contributed by atoms with van der Waals surface area (Å²) in [5.74, 6) is -1.25. The number of aromatic nitrogens is 6. The van der Waals surface area contributed by atoms with Crippen LogP contribution in [0.2, 0.25) is 0 Å². The minimum Gasteiger partial charge on any atom is -0.507 e. The van der Waals surface area contributed by atoms with Gasteiger partial charge in [0.05, 0.1) is 22.7 Å². The van der Waals surface area contributed by atoms with Crippen LogP contribution in [0, 0.1) is 5.82 Å². The smallest absolute Gasteiger partial charge is 0.254 e. The van der Waals surface area contributed by atoms with Crippen molar-refractivity contribution in [1.82, 2.24) is 34.6 Å². The summed E-state index contributed by atoms with van der Waals surface area (Å²) >= 11 is 0. The maximum absolute atomic E-state index is 15.4. The Hall–Kier alpha value is -5.98. The van der Waals surface area contributed by atoms with Gasteiger partial charge in [0.1, 0.15) is 29.1 Å². The van der Waals surface area contributed by atoms with Gasteiger partial charge in [-0.05, 0) is 59.7 Å². The Morgan fingerprint density at radius 3 is 2.73 bits per heavy atom. The molecule has 0 spiro atoms. The number of fused-ring (bicyclic) bond motifs is 2. The fourth-order valence-corrected chi connectivity index (χ4v) is 5.48. The number of nitrogens with zero attached hydrogens (tertiary/aromatic N) is 6. The normalized spacial score (nSPS) is 15.8. The number of carbonyl (C=O) groups excluding carboxylic acids is 2. The highest BCUT2D eigenvalue weighted by molar-refractivity contribution is 5.97. The van der Waals surface area contributed by atoms with Crippen LogP contribution in [0.25, 0.3) is 34.1 Å². The van der Waals surface area contributed by atoms with Crippen LogP contribution in [0.15, 0.2) is 79.3 Å². The van der Waals surface area contributed by atoms with Crippen molar-refractivity contribution in [2.75, 3.05) is 5.73 Å². The molecule has 2 aromatic carbocycles. The van der Waals surface area contributed by atoms with Crippen LogP contribution in [-0.4, -0.2) is 52.8 Å². The molecule has 44 heavy (non-hydrogen) atoms. The van der Waals surface area contributed by atoms with Gasteiger partial charge in [0.25, 0.3) is 5.91 Å². The highest BCUT2D eigenvalue weighted by Gasteiger charge is 2.35. The topological polar surface area (TPSA) is 154 Å². The van der Waals surface area contributed by atoms with E-state index < -0.39 is 35.3 Å². The number of hydrogen-bond donors (Lipinski definition) is 3. The maximum Gasteiger partial charge on any atom is 0.254 e. The lowest BCUT2D eigenvalue weighted by molar-refractivity contribution is 0.0910. The molecule has 13 heteroatoms. The van der Waals surface area contributed by atoms with Crippen molar-refractivity contribution < 1.29 is 23.5 Å². The van der Waals surface area contributed by atoms with E-state index in [1.165, 1.54) is 0 Å². The Morgan fingerprint density at radius 2 is 1.95 bits per heavy atom. The minimum absolute atomic E-state index is 0.0191. The van der Waals surface area contributed by atoms with Crippen molar-refractivity contribution in [3.05, 3.63) is 107 Å². The van der Waals surface area contributed by atoms with Crippen LogP contribution in [0.1, 0.15) is 37.9 Å². The number of hydrogen-bond acceptors (Lipinski definition) is 8. The van der Waals surface area contributed by atoms with E-state index in [2.05, 4.69) is 15.4 Å². The first kappa shape index (κ1) is 26.9. The van der Waals surface area contributed by atoms with Crippen LogP contribution >= 0.6 is 0 Å². The average Bonchev–Trinajstić information content (AvgIpc) is 3.75. The molecule has 1 aliphatic carbocycles. The molecule has 1 aliphatic rings. The number of rotatable bonds is 6. The molecular formula is C31H22F2N8O3. The molecule has 2 atom stereocenters. The average molecular weight is 593 g/mol. The second-order valence-electron chi connectivity index (χ2n) is 10.2. The monoisotopic (exact) mass is 592 g/mol. The van der Waals surface area contributed by atoms with Gasteiger partial charge in [-0.15, -0.1) is 0 Å². The molecule has 6 aromatic rings. The number of aldehydes is 1. The number of pyridine rings is 2. The summed E-state index contributed by atoms with van der Waals surface area (Å²) in [5, 5.41) is 16.5. The predicted octanol–water partition coefficient (Wildman–Crippen LogP) is 4.27. The van der Waals surface area contributed by atoms with Gasteiger partial charge in [-0.1, -0.05) is 6.07 Å². The minimum atomic E-state index is -1.51. The molecule has 0 saturated heterocycles. The summed E-state index contributed by atoms with van der Waals surface area (Å²) in [6.07, 6.45) is 3.77. The van der Waals surface area contributed by atoms with Crippen LogP contribution in [-0.2, 0) is 6.42 Å². The number of phenols is 1. The van der Waals surface area contributed by atoms with Gasteiger partial charge in [-0.25, -0.2) is 28.4 Å². The molecule has 11 nitrogen and oxygen atoms in total. The Labute approximate surface area is 247 Å². The zero-order valence-corrected chi connectivity index (χ0v) is 22.7. The maximum atomic E-state index is 15.4. The van der Waals surface area contributed by atoms with E-state index in [4.69, 9.17) is 15.7 Å². The SMILES string of the molecule is Nc1ncccc1-c1nc2ccc(-n3cccn3)nc2n1-c1ccc2c(c1)C[C@H](F)[C@@H]2NC(=O)c1cc(C=O)c(O)cc1F. The van der Waals surface area contributed by atoms with Crippen molar-refractivity contribution in [2.24, 2.45) is 0 Å². The molecule has 1 amide bonds. The molecule has 0 aliphatic heterocycles. The number of aromatic hydroxyl groups is 1. The van der Waals surface area contributed by atoms with Crippen LogP contribution in [0.4, 0.5) is 14.6 Å². The summed E-state index contributed by atoms with van der Waals surface area (Å²) in [4.78, 5) is 38.0. The third-order valence-corrected chi connectivity index (χ3v) is 7.58. The van der Waals surface area contributed by atoms with Crippen molar-refractivity contribution in [1.29, 1.82) is 0 Å². The van der Waals surface area contributed by atoms with E-state index in [-0.39, 0.29) is 17.8 Å². The number of phenolic OH excluding ortho intramolecular Hbond substituents is 1. The van der Waals surface area contributed by atoms with Gasteiger partial charge < -0.3 is 16.2 Å². The largest absolute Gasteiger partial charge is 0.507 e.